The molecule has 1 rings (SSSR count). The molecule has 0 atom stereocenters. The Bertz CT molecular complexity index is 444. The predicted molar refractivity (Wildman–Crippen MR) is 66.8 cm³/mol. The number of nitrogens with one attached hydrogen (secondary N) is 1. The molecule has 1 aromatic rings. The quantitative estimate of drug-likeness (QED) is 0.759. The maximum absolute atomic E-state index is 5.98. The predicted octanol–water partition coefficient (Wildman–Crippen LogP) is 1.06. The Morgan fingerprint density at radius 2 is 2.20 bits per heavy atom. The van der Waals surface area contributed by atoms with Crippen LogP contribution in [0, 0.1) is 0 Å². The van der Waals surface area contributed by atoms with Gasteiger partial charge in [-0.2, -0.15) is 0 Å². The van der Waals surface area contributed by atoms with Gasteiger partial charge in [-0.3, -0.25) is 0 Å². The maximum Gasteiger partial charge on any atom is 0.0450 e. The fraction of sp³-hybridized carbons (Fsp3) is 0.385. The van der Waals surface area contributed by atoms with E-state index in [1.807, 2.05) is 45.2 Å². The number of aromatic amines is 1. The Morgan fingerprint density at radius 1 is 1.53 bits per heavy atom. The first kappa shape index (κ1) is 11.8. The van der Waals surface area contributed by atoms with Crippen molar-refractivity contribution in [3.05, 3.63) is 34.5 Å². The molecule has 0 radical (unpaired) electrons. The van der Waals surface area contributed by atoms with Crippen LogP contribution in [-0.4, -0.2) is 10.5 Å². The van der Waals surface area contributed by atoms with E-state index in [1.54, 1.807) is 0 Å². The van der Waals surface area contributed by atoms with E-state index < -0.39 is 0 Å². The third kappa shape index (κ3) is 3.40. The Kier molecular flexibility index (Phi) is 3.53. The molecule has 3 N–H and O–H groups in total. The number of hydrogen-bond donors (Lipinski definition) is 2. The van der Waals surface area contributed by atoms with Gasteiger partial charge in [0.1, 0.15) is 0 Å². The molecule has 0 spiro atoms. The van der Waals surface area contributed by atoms with E-state index >= 15 is 0 Å². The summed E-state index contributed by atoms with van der Waals surface area (Å²) < 4.78 is 0. The van der Waals surface area contributed by atoms with E-state index in [0.29, 0.717) is 0 Å². The van der Waals surface area contributed by atoms with Gasteiger partial charge in [0.15, 0.2) is 0 Å². The minimum atomic E-state index is -0.188. The van der Waals surface area contributed by atoms with Crippen LogP contribution in [0.2, 0.25) is 0 Å². The van der Waals surface area contributed by atoms with E-state index in [1.165, 1.54) is 5.56 Å². The van der Waals surface area contributed by atoms with Crippen LogP contribution in [0.5, 0.6) is 0 Å². The number of nitrogens with two attached hydrogens (primary N) is 1. The number of H-pyrrole nitrogens is 1. The van der Waals surface area contributed by atoms with Gasteiger partial charge in [0.05, 0.1) is 0 Å². The zero-order chi connectivity index (χ0) is 11.5. The minimum absolute atomic E-state index is 0.188. The van der Waals surface area contributed by atoms with Crippen molar-refractivity contribution < 1.29 is 0 Å². The largest absolute Gasteiger partial charge is 0.361 e. The highest BCUT2D eigenvalue weighted by molar-refractivity contribution is 5.37. The molecule has 0 amide bonds. The summed E-state index contributed by atoms with van der Waals surface area (Å²) >= 11 is 0. The van der Waals surface area contributed by atoms with Crippen LogP contribution < -0.4 is 16.3 Å². The SMILES string of the molecule is C=c1c(CC(C)(C)N)c[nH]/c1=C/C=CC. The molecular weight excluding hydrogens is 184 g/mol. The first-order chi connectivity index (χ1) is 6.94. The molecule has 0 aliphatic heterocycles. The molecule has 0 bridgehead atoms. The van der Waals surface area contributed by atoms with Crippen molar-refractivity contribution in [3.8, 4) is 0 Å². The van der Waals surface area contributed by atoms with Gasteiger partial charge in [-0.15, -0.1) is 0 Å². The van der Waals surface area contributed by atoms with Crippen LogP contribution in [0.15, 0.2) is 18.3 Å². The summed E-state index contributed by atoms with van der Waals surface area (Å²) in [5, 5.41) is 2.11. The average molecular weight is 204 g/mol. The molecular formula is C13H20N2. The molecule has 1 aromatic heterocycles. The first-order valence-electron chi connectivity index (χ1n) is 5.21. The molecule has 0 fully saturated rings. The van der Waals surface area contributed by atoms with Gasteiger partial charge in [-0.25, -0.2) is 0 Å². The van der Waals surface area contributed by atoms with E-state index in [-0.39, 0.29) is 5.54 Å². The fourth-order valence-electron chi connectivity index (χ4n) is 1.50. The van der Waals surface area contributed by atoms with Crippen LogP contribution in [-0.2, 0) is 6.42 Å². The number of aromatic nitrogens is 1. The summed E-state index contributed by atoms with van der Waals surface area (Å²) in [6.07, 6.45) is 8.85. The first-order valence-corrected chi connectivity index (χ1v) is 5.21. The fourth-order valence-corrected chi connectivity index (χ4v) is 1.50. The molecule has 82 valence electrons. The van der Waals surface area contributed by atoms with Crippen LogP contribution in [0.4, 0.5) is 0 Å². The van der Waals surface area contributed by atoms with Crippen molar-refractivity contribution in [2.24, 2.45) is 5.73 Å². The Balaban J connectivity index is 3.06. The second kappa shape index (κ2) is 4.49. The molecule has 2 nitrogen and oxygen atoms in total. The normalized spacial score (nSPS) is 14.0. The number of hydrogen-bond acceptors (Lipinski definition) is 1. The molecule has 0 saturated carbocycles. The zero-order valence-corrected chi connectivity index (χ0v) is 9.80. The topological polar surface area (TPSA) is 41.8 Å². The second-order valence-electron chi connectivity index (χ2n) is 4.56. The standard InChI is InChI=1S/C13H20N2/c1-5-6-7-12-10(2)11(9-15-12)8-13(3,4)14/h5-7,9,15H,2,8,14H2,1,3-4H3/b6-5?,12-7+. The van der Waals surface area contributed by atoms with Gasteiger partial charge >= 0.3 is 0 Å². The van der Waals surface area contributed by atoms with Crippen LogP contribution in [0.1, 0.15) is 26.3 Å². The smallest absolute Gasteiger partial charge is 0.0450 e. The van der Waals surface area contributed by atoms with Crippen molar-refractivity contribution in [1.29, 1.82) is 0 Å². The molecule has 2 heteroatoms. The van der Waals surface area contributed by atoms with Gasteiger partial charge in [-0.05, 0) is 44.1 Å². The van der Waals surface area contributed by atoms with E-state index in [0.717, 1.165) is 17.0 Å². The Labute approximate surface area is 91.2 Å². The summed E-state index contributed by atoms with van der Waals surface area (Å²) in [6, 6.07) is 0. The number of rotatable bonds is 3. The molecule has 1 heterocycles. The van der Waals surface area contributed by atoms with Gasteiger partial charge in [-0.1, -0.05) is 18.7 Å². The lowest BCUT2D eigenvalue weighted by Gasteiger charge is -2.16. The van der Waals surface area contributed by atoms with Crippen molar-refractivity contribution in [3.63, 3.8) is 0 Å². The van der Waals surface area contributed by atoms with Crippen LogP contribution in [0.25, 0.3) is 12.7 Å². The summed E-state index contributed by atoms with van der Waals surface area (Å²) in [7, 11) is 0. The molecule has 0 saturated heterocycles. The lowest BCUT2D eigenvalue weighted by Crippen LogP contribution is -2.37. The van der Waals surface area contributed by atoms with Gasteiger partial charge in [0.2, 0.25) is 0 Å². The van der Waals surface area contributed by atoms with Gasteiger partial charge in [0.25, 0.3) is 0 Å². The van der Waals surface area contributed by atoms with E-state index in [9.17, 15) is 0 Å². The highest BCUT2D eigenvalue weighted by Crippen LogP contribution is 2.03. The van der Waals surface area contributed by atoms with E-state index in [4.69, 9.17) is 5.73 Å². The van der Waals surface area contributed by atoms with Gasteiger partial charge in [0, 0.05) is 17.1 Å². The Hall–Kier alpha value is -1.28. The van der Waals surface area contributed by atoms with Gasteiger partial charge < -0.3 is 10.7 Å². The summed E-state index contributed by atoms with van der Waals surface area (Å²) in [5.41, 5.74) is 6.98. The summed E-state index contributed by atoms with van der Waals surface area (Å²) in [5.74, 6) is 0. The Morgan fingerprint density at radius 3 is 2.73 bits per heavy atom. The lowest BCUT2D eigenvalue weighted by atomic mass is 9.97. The monoisotopic (exact) mass is 204 g/mol. The van der Waals surface area contributed by atoms with Crippen LogP contribution >= 0.6 is 0 Å². The molecule has 0 aromatic carbocycles. The van der Waals surface area contributed by atoms with Crippen LogP contribution in [0.3, 0.4) is 0 Å². The molecule has 0 aliphatic rings. The summed E-state index contributed by atoms with van der Waals surface area (Å²) in [4.78, 5) is 3.21. The highest BCUT2D eigenvalue weighted by Gasteiger charge is 2.12. The highest BCUT2D eigenvalue weighted by atomic mass is 14.7. The van der Waals surface area contributed by atoms with Crippen molar-refractivity contribution in [2.45, 2.75) is 32.7 Å². The van der Waals surface area contributed by atoms with Crippen molar-refractivity contribution in [1.82, 2.24) is 4.98 Å². The summed E-state index contributed by atoms with van der Waals surface area (Å²) in [6.45, 7) is 10.1. The molecule has 0 aliphatic carbocycles. The minimum Gasteiger partial charge on any atom is -0.361 e. The van der Waals surface area contributed by atoms with Crippen molar-refractivity contribution in [2.75, 3.05) is 0 Å². The van der Waals surface area contributed by atoms with Crippen molar-refractivity contribution >= 4 is 12.7 Å². The maximum atomic E-state index is 5.98. The average Bonchev–Trinajstić information content (AvgIpc) is 2.43. The zero-order valence-electron chi connectivity index (χ0n) is 9.80. The third-order valence-electron chi connectivity index (χ3n) is 2.22. The third-order valence-corrected chi connectivity index (χ3v) is 2.22. The lowest BCUT2D eigenvalue weighted by molar-refractivity contribution is 0.516. The van der Waals surface area contributed by atoms with E-state index in [2.05, 4.69) is 11.6 Å². The number of allylic oxidation sites excluding steroid dienone is 2. The molecule has 0 unspecified atom stereocenters. The second-order valence-corrected chi connectivity index (χ2v) is 4.56. The molecule has 15 heavy (non-hydrogen) atoms.